The van der Waals surface area contributed by atoms with Gasteiger partial charge < -0.3 is 15.7 Å². The van der Waals surface area contributed by atoms with Crippen molar-refractivity contribution >= 4 is 6.03 Å². The molecule has 21 heavy (non-hydrogen) atoms. The summed E-state index contributed by atoms with van der Waals surface area (Å²) in [6.07, 6.45) is 3.65. The maximum absolute atomic E-state index is 11.6. The topological polar surface area (TPSA) is 92.1 Å². The predicted octanol–water partition coefficient (Wildman–Crippen LogP) is 0.837. The number of urea groups is 1. The van der Waals surface area contributed by atoms with E-state index in [0.717, 1.165) is 11.3 Å². The fourth-order valence-corrected chi connectivity index (χ4v) is 1.83. The van der Waals surface area contributed by atoms with Crippen molar-refractivity contribution in [3.05, 3.63) is 42.5 Å². The number of nitrogens with one attached hydrogen (secondary N) is 2. The molecule has 1 heterocycles. The Bertz CT molecular complexity index is 553. The molecule has 0 bridgehead atoms. The van der Waals surface area contributed by atoms with Gasteiger partial charge in [-0.2, -0.15) is 5.10 Å². The molecule has 0 saturated carbocycles. The van der Waals surface area contributed by atoms with Gasteiger partial charge in [-0.05, 0) is 31.0 Å². The Hall–Kier alpha value is -2.41. The summed E-state index contributed by atoms with van der Waals surface area (Å²) in [6, 6.07) is 7.39. The zero-order valence-electron chi connectivity index (χ0n) is 11.9. The summed E-state index contributed by atoms with van der Waals surface area (Å²) in [6.45, 7) is 2.35. The summed E-state index contributed by atoms with van der Waals surface area (Å²) >= 11 is 0. The van der Waals surface area contributed by atoms with Gasteiger partial charge in [-0.3, -0.25) is 0 Å². The van der Waals surface area contributed by atoms with E-state index in [1.165, 1.54) is 6.33 Å². The van der Waals surface area contributed by atoms with Crippen molar-refractivity contribution in [3.63, 3.8) is 0 Å². The lowest BCUT2D eigenvalue weighted by Gasteiger charge is -2.13. The molecule has 2 amide bonds. The molecule has 112 valence electrons. The highest BCUT2D eigenvalue weighted by Crippen LogP contribution is 2.07. The van der Waals surface area contributed by atoms with Crippen LogP contribution in [0.1, 0.15) is 18.9 Å². The quantitative estimate of drug-likeness (QED) is 0.734. The highest BCUT2D eigenvalue weighted by atomic mass is 16.3. The highest BCUT2D eigenvalue weighted by Gasteiger charge is 2.06. The van der Waals surface area contributed by atoms with Gasteiger partial charge in [-0.1, -0.05) is 12.1 Å². The number of hydrogen-bond acceptors (Lipinski definition) is 4. The molecule has 0 radical (unpaired) electrons. The first-order valence-corrected chi connectivity index (χ1v) is 6.78. The van der Waals surface area contributed by atoms with Gasteiger partial charge in [0.2, 0.25) is 0 Å². The van der Waals surface area contributed by atoms with E-state index in [2.05, 4.69) is 20.7 Å². The van der Waals surface area contributed by atoms with Crippen LogP contribution in [0.3, 0.4) is 0 Å². The second-order valence-electron chi connectivity index (χ2n) is 4.75. The third-order valence-corrected chi connectivity index (χ3v) is 3.01. The van der Waals surface area contributed by atoms with Crippen molar-refractivity contribution in [3.8, 4) is 5.69 Å². The van der Waals surface area contributed by atoms with Crippen LogP contribution in [0.15, 0.2) is 36.9 Å². The Balaban J connectivity index is 1.82. The van der Waals surface area contributed by atoms with Crippen LogP contribution in [0.5, 0.6) is 0 Å². The van der Waals surface area contributed by atoms with Crippen molar-refractivity contribution < 1.29 is 9.90 Å². The van der Waals surface area contributed by atoms with Gasteiger partial charge in [0.1, 0.15) is 12.7 Å². The number of rotatable bonds is 6. The van der Waals surface area contributed by atoms with Crippen molar-refractivity contribution in [2.45, 2.75) is 25.9 Å². The van der Waals surface area contributed by atoms with Crippen LogP contribution >= 0.6 is 0 Å². The molecule has 3 N–H and O–H groups in total. The van der Waals surface area contributed by atoms with Gasteiger partial charge >= 0.3 is 6.03 Å². The van der Waals surface area contributed by atoms with E-state index in [1.54, 1.807) is 11.0 Å². The SMILES string of the molecule is C[C@H](CCO)NC(=O)NCc1ccc(-n2cncn2)cc1. The average molecular weight is 289 g/mol. The van der Waals surface area contributed by atoms with E-state index < -0.39 is 0 Å². The lowest BCUT2D eigenvalue weighted by atomic mass is 10.2. The number of amides is 2. The molecule has 0 aliphatic heterocycles. The number of aliphatic hydroxyl groups is 1. The van der Waals surface area contributed by atoms with E-state index in [4.69, 9.17) is 5.11 Å². The van der Waals surface area contributed by atoms with E-state index in [-0.39, 0.29) is 18.7 Å². The first kappa shape index (κ1) is 15.0. The lowest BCUT2D eigenvalue weighted by Crippen LogP contribution is -2.40. The monoisotopic (exact) mass is 289 g/mol. The molecular weight excluding hydrogens is 270 g/mol. The molecule has 7 heteroatoms. The lowest BCUT2D eigenvalue weighted by molar-refractivity contribution is 0.230. The van der Waals surface area contributed by atoms with Crippen molar-refractivity contribution in [2.24, 2.45) is 0 Å². The molecule has 2 aromatic rings. The smallest absolute Gasteiger partial charge is 0.315 e. The summed E-state index contributed by atoms with van der Waals surface area (Å²) < 4.78 is 1.67. The number of nitrogens with zero attached hydrogens (tertiary/aromatic N) is 3. The maximum atomic E-state index is 11.6. The van der Waals surface area contributed by atoms with E-state index in [1.807, 2.05) is 31.2 Å². The normalized spacial score (nSPS) is 11.9. The molecule has 0 unspecified atom stereocenters. The fourth-order valence-electron chi connectivity index (χ4n) is 1.83. The Morgan fingerprint density at radius 3 is 2.76 bits per heavy atom. The van der Waals surface area contributed by atoms with Crippen molar-refractivity contribution in [2.75, 3.05) is 6.61 Å². The number of carbonyl (C=O) groups excluding carboxylic acids is 1. The summed E-state index contributed by atoms with van der Waals surface area (Å²) in [4.78, 5) is 15.5. The third-order valence-electron chi connectivity index (χ3n) is 3.01. The molecule has 1 atom stereocenters. The maximum Gasteiger partial charge on any atom is 0.315 e. The van der Waals surface area contributed by atoms with Crippen molar-refractivity contribution in [1.82, 2.24) is 25.4 Å². The number of carbonyl (C=O) groups is 1. The van der Waals surface area contributed by atoms with Crippen LogP contribution < -0.4 is 10.6 Å². The minimum Gasteiger partial charge on any atom is -0.396 e. The van der Waals surface area contributed by atoms with Crippen LogP contribution in [0.2, 0.25) is 0 Å². The molecule has 0 aliphatic carbocycles. The first-order valence-electron chi connectivity index (χ1n) is 6.78. The van der Waals surface area contributed by atoms with E-state index >= 15 is 0 Å². The van der Waals surface area contributed by atoms with Gasteiger partial charge in [-0.15, -0.1) is 0 Å². The highest BCUT2D eigenvalue weighted by molar-refractivity contribution is 5.74. The van der Waals surface area contributed by atoms with Crippen LogP contribution in [-0.2, 0) is 6.54 Å². The number of aliphatic hydroxyl groups excluding tert-OH is 1. The summed E-state index contributed by atoms with van der Waals surface area (Å²) in [5.41, 5.74) is 1.90. The molecule has 0 aliphatic rings. The zero-order valence-corrected chi connectivity index (χ0v) is 11.9. The largest absolute Gasteiger partial charge is 0.396 e. The van der Waals surface area contributed by atoms with E-state index in [9.17, 15) is 4.79 Å². The molecule has 2 rings (SSSR count). The Labute approximate surface area is 123 Å². The van der Waals surface area contributed by atoms with Crippen LogP contribution in [-0.4, -0.2) is 38.6 Å². The fraction of sp³-hybridized carbons (Fsp3) is 0.357. The predicted molar refractivity (Wildman–Crippen MR) is 77.9 cm³/mol. The number of hydrogen-bond donors (Lipinski definition) is 3. The summed E-state index contributed by atoms with van der Waals surface area (Å²) in [5.74, 6) is 0. The molecule has 0 fully saturated rings. The molecule has 0 spiro atoms. The average Bonchev–Trinajstić information content (AvgIpc) is 3.00. The van der Waals surface area contributed by atoms with Crippen LogP contribution in [0.4, 0.5) is 4.79 Å². The molecule has 7 nitrogen and oxygen atoms in total. The molecule has 1 aromatic heterocycles. The van der Waals surface area contributed by atoms with Gasteiger partial charge in [-0.25, -0.2) is 14.5 Å². The second-order valence-corrected chi connectivity index (χ2v) is 4.75. The Morgan fingerprint density at radius 2 is 2.14 bits per heavy atom. The number of benzene rings is 1. The number of aromatic nitrogens is 3. The minimum atomic E-state index is -0.240. The van der Waals surface area contributed by atoms with Crippen LogP contribution in [0, 0.1) is 0 Å². The second kappa shape index (κ2) is 7.39. The van der Waals surface area contributed by atoms with Gasteiger partial charge in [0, 0.05) is 19.2 Å². The Morgan fingerprint density at radius 1 is 1.38 bits per heavy atom. The van der Waals surface area contributed by atoms with Gasteiger partial charge in [0.25, 0.3) is 0 Å². The zero-order chi connectivity index (χ0) is 15.1. The standard InChI is InChI=1S/C14H19N5O2/c1-11(6-7-20)18-14(21)16-8-12-2-4-13(5-3-12)19-10-15-9-17-19/h2-5,9-11,20H,6-8H2,1H3,(H2,16,18,21)/t11-/m1/s1. The molecule has 0 saturated heterocycles. The third kappa shape index (κ3) is 4.57. The summed E-state index contributed by atoms with van der Waals surface area (Å²) in [7, 11) is 0. The first-order chi connectivity index (χ1) is 10.2. The molecular formula is C14H19N5O2. The minimum absolute atomic E-state index is 0.0512. The van der Waals surface area contributed by atoms with Gasteiger partial charge in [0.05, 0.1) is 5.69 Å². The van der Waals surface area contributed by atoms with E-state index in [0.29, 0.717) is 13.0 Å². The molecule has 1 aromatic carbocycles. The van der Waals surface area contributed by atoms with Gasteiger partial charge in [0.15, 0.2) is 0 Å². The summed E-state index contributed by atoms with van der Waals surface area (Å²) in [5, 5.41) is 18.4. The van der Waals surface area contributed by atoms with Crippen molar-refractivity contribution in [1.29, 1.82) is 0 Å². The Kier molecular flexibility index (Phi) is 5.28. The van der Waals surface area contributed by atoms with Crippen LogP contribution in [0.25, 0.3) is 5.69 Å².